The van der Waals surface area contributed by atoms with Crippen LogP contribution >= 0.6 is 24.0 Å². The van der Waals surface area contributed by atoms with E-state index in [1.807, 2.05) is 18.2 Å². The van der Waals surface area contributed by atoms with E-state index in [0.29, 0.717) is 11.8 Å². The Balaban J connectivity index is 0.00000176. The summed E-state index contributed by atoms with van der Waals surface area (Å²) in [5, 5.41) is 1.32. The molecule has 5 nitrogen and oxygen atoms in total. The minimum absolute atomic E-state index is 0. The maximum atomic E-state index is 6.01. The van der Waals surface area contributed by atoms with E-state index in [0.717, 1.165) is 55.9 Å². The first kappa shape index (κ1) is 17.2. The minimum Gasteiger partial charge on any atom is -0.493 e. The number of morpholine rings is 1. The quantitative estimate of drug-likeness (QED) is 0.617. The van der Waals surface area contributed by atoms with Crippen molar-refractivity contribution in [1.29, 1.82) is 0 Å². The lowest BCUT2D eigenvalue weighted by Crippen LogP contribution is -2.37. The zero-order chi connectivity index (χ0) is 14.5. The van der Waals surface area contributed by atoms with Crippen molar-refractivity contribution in [3.63, 3.8) is 0 Å². The lowest BCUT2D eigenvalue weighted by molar-refractivity contribution is 0.0358. The second kappa shape index (κ2) is 8.48. The lowest BCUT2D eigenvalue weighted by Gasteiger charge is -2.26. The summed E-state index contributed by atoms with van der Waals surface area (Å²) in [7, 11) is 0. The van der Waals surface area contributed by atoms with Gasteiger partial charge in [-0.1, -0.05) is 11.6 Å². The third-order valence-electron chi connectivity index (χ3n) is 3.55. The van der Waals surface area contributed by atoms with Gasteiger partial charge in [0.05, 0.1) is 25.3 Å². The van der Waals surface area contributed by atoms with Gasteiger partial charge in [0.15, 0.2) is 0 Å². The maximum Gasteiger partial charge on any atom is 0.140 e. The Labute approximate surface area is 141 Å². The van der Waals surface area contributed by atoms with E-state index >= 15 is 0 Å². The summed E-state index contributed by atoms with van der Waals surface area (Å²) >= 11 is 6.01. The molecule has 2 aromatic rings. The number of aromatic nitrogens is 2. The van der Waals surface area contributed by atoms with Crippen molar-refractivity contribution in [2.45, 2.75) is 6.42 Å². The SMILES string of the molecule is Cl.Clc1ncnc2cc(OCCCN3CCOCC3)ccc12. The van der Waals surface area contributed by atoms with Gasteiger partial charge in [0, 0.05) is 31.1 Å². The molecule has 120 valence electrons. The van der Waals surface area contributed by atoms with Gasteiger partial charge in [0.2, 0.25) is 0 Å². The summed E-state index contributed by atoms with van der Waals surface area (Å²) < 4.78 is 11.1. The Kier molecular flexibility index (Phi) is 6.64. The number of rotatable bonds is 5. The molecule has 22 heavy (non-hydrogen) atoms. The first-order chi connectivity index (χ1) is 10.3. The Morgan fingerprint density at radius 1 is 1.23 bits per heavy atom. The monoisotopic (exact) mass is 343 g/mol. The van der Waals surface area contributed by atoms with Crippen LogP contribution in [0, 0.1) is 0 Å². The molecule has 7 heteroatoms. The first-order valence-corrected chi connectivity index (χ1v) is 7.54. The second-order valence-electron chi connectivity index (χ2n) is 5.00. The van der Waals surface area contributed by atoms with Crippen molar-refractivity contribution < 1.29 is 9.47 Å². The molecule has 1 aromatic carbocycles. The molecule has 0 aliphatic carbocycles. The van der Waals surface area contributed by atoms with Crippen molar-refractivity contribution in [3.8, 4) is 5.75 Å². The molecule has 1 saturated heterocycles. The zero-order valence-electron chi connectivity index (χ0n) is 12.2. The van der Waals surface area contributed by atoms with Crippen molar-refractivity contribution in [1.82, 2.24) is 14.9 Å². The van der Waals surface area contributed by atoms with Crippen molar-refractivity contribution in [2.24, 2.45) is 0 Å². The number of ether oxygens (including phenoxy) is 2. The van der Waals surface area contributed by atoms with E-state index in [9.17, 15) is 0 Å². The highest BCUT2D eigenvalue weighted by Gasteiger charge is 2.09. The smallest absolute Gasteiger partial charge is 0.140 e. The molecule has 1 fully saturated rings. The van der Waals surface area contributed by atoms with Gasteiger partial charge in [-0.3, -0.25) is 4.90 Å². The Morgan fingerprint density at radius 3 is 2.86 bits per heavy atom. The number of fused-ring (bicyclic) bond motifs is 1. The summed E-state index contributed by atoms with van der Waals surface area (Å²) in [6, 6.07) is 5.71. The highest BCUT2D eigenvalue weighted by molar-refractivity contribution is 6.34. The fourth-order valence-corrected chi connectivity index (χ4v) is 2.60. The van der Waals surface area contributed by atoms with Crippen LogP contribution in [0.4, 0.5) is 0 Å². The molecule has 0 saturated carbocycles. The lowest BCUT2D eigenvalue weighted by atomic mass is 10.2. The highest BCUT2D eigenvalue weighted by atomic mass is 35.5. The predicted octanol–water partition coefficient (Wildman–Crippen LogP) is 2.81. The molecule has 0 radical (unpaired) electrons. The summed E-state index contributed by atoms with van der Waals surface area (Å²) in [4.78, 5) is 10.6. The third-order valence-corrected chi connectivity index (χ3v) is 3.85. The summed E-state index contributed by atoms with van der Waals surface area (Å²) in [6.07, 6.45) is 2.47. The van der Waals surface area contributed by atoms with Crippen molar-refractivity contribution >= 4 is 34.9 Å². The van der Waals surface area contributed by atoms with Crippen LogP contribution in [0.5, 0.6) is 5.75 Å². The maximum absolute atomic E-state index is 6.01. The molecule has 1 aliphatic heterocycles. The van der Waals surface area contributed by atoms with Crippen LogP contribution in [0.1, 0.15) is 6.42 Å². The standard InChI is InChI=1S/C15H18ClN3O2.ClH/c16-15-13-3-2-12(10-14(13)17-11-18-15)21-7-1-4-19-5-8-20-9-6-19;/h2-3,10-11H,1,4-9H2;1H. The molecular formula is C15H19Cl2N3O2. The molecule has 0 unspecified atom stereocenters. The van der Waals surface area contributed by atoms with Gasteiger partial charge in [0.1, 0.15) is 17.2 Å². The largest absolute Gasteiger partial charge is 0.493 e. The Bertz CT molecular complexity index is 606. The van der Waals surface area contributed by atoms with Crippen molar-refractivity contribution in [3.05, 3.63) is 29.7 Å². The third kappa shape index (κ3) is 4.43. The van der Waals surface area contributed by atoms with E-state index in [2.05, 4.69) is 14.9 Å². The number of hydrogen-bond acceptors (Lipinski definition) is 5. The fourth-order valence-electron chi connectivity index (χ4n) is 2.40. The zero-order valence-corrected chi connectivity index (χ0v) is 13.8. The van der Waals surface area contributed by atoms with E-state index in [1.165, 1.54) is 6.33 Å². The number of benzene rings is 1. The molecule has 2 heterocycles. The Hall–Kier alpha value is -1.14. The van der Waals surface area contributed by atoms with Gasteiger partial charge in [-0.2, -0.15) is 0 Å². The van der Waals surface area contributed by atoms with Gasteiger partial charge in [-0.15, -0.1) is 12.4 Å². The van der Waals surface area contributed by atoms with Gasteiger partial charge >= 0.3 is 0 Å². The topological polar surface area (TPSA) is 47.5 Å². The van der Waals surface area contributed by atoms with Gasteiger partial charge in [-0.25, -0.2) is 9.97 Å². The van der Waals surface area contributed by atoms with Crippen LogP contribution in [0.25, 0.3) is 10.9 Å². The van der Waals surface area contributed by atoms with Crippen LogP contribution < -0.4 is 4.74 Å². The first-order valence-electron chi connectivity index (χ1n) is 7.16. The summed E-state index contributed by atoms with van der Waals surface area (Å²) in [6.45, 7) is 5.46. The van der Waals surface area contributed by atoms with E-state index in [4.69, 9.17) is 21.1 Å². The normalized spacial score (nSPS) is 15.5. The van der Waals surface area contributed by atoms with Crippen molar-refractivity contribution in [2.75, 3.05) is 39.5 Å². The number of hydrogen-bond donors (Lipinski definition) is 0. The molecule has 1 aliphatic rings. The predicted molar refractivity (Wildman–Crippen MR) is 89.2 cm³/mol. The van der Waals surface area contributed by atoms with E-state index in [1.54, 1.807) is 0 Å². The summed E-state index contributed by atoms with van der Waals surface area (Å²) in [5.41, 5.74) is 0.806. The molecule has 0 amide bonds. The molecule has 0 bridgehead atoms. The molecular weight excluding hydrogens is 325 g/mol. The molecule has 1 aromatic heterocycles. The van der Waals surface area contributed by atoms with Gasteiger partial charge in [0.25, 0.3) is 0 Å². The minimum atomic E-state index is 0. The Morgan fingerprint density at radius 2 is 2.05 bits per heavy atom. The summed E-state index contributed by atoms with van der Waals surface area (Å²) in [5.74, 6) is 0.819. The average molecular weight is 344 g/mol. The van der Waals surface area contributed by atoms with Crippen LogP contribution in [-0.2, 0) is 4.74 Å². The van der Waals surface area contributed by atoms with Crippen LogP contribution in [0.15, 0.2) is 24.5 Å². The average Bonchev–Trinajstić information content (AvgIpc) is 2.53. The molecule has 0 N–H and O–H groups in total. The van der Waals surface area contributed by atoms with Gasteiger partial charge in [-0.05, 0) is 18.6 Å². The molecule has 0 atom stereocenters. The number of nitrogens with zero attached hydrogens (tertiary/aromatic N) is 3. The van der Waals surface area contributed by atoms with Crippen LogP contribution in [0.2, 0.25) is 5.15 Å². The highest BCUT2D eigenvalue weighted by Crippen LogP contribution is 2.23. The number of halogens is 2. The fraction of sp³-hybridized carbons (Fsp3) is 0.467. The van der Waals surface area contributed by atoms with E-state index in [-0.39, 0.29) is 12.4 Å². The second-order valence-corrected chi connectivity index (χ2v) is 5.36. The molecule has 0 spiro atoms. The van der Waals surface area contributed by atoms with E-state index < -0.39 is 0 Å². The van der Waals surface area contributed by atoms with Crippen LogP contribution in [0.3, 0.4) is 0 Å². The van der Waals surface area contributed by atoms with Crippen LogP contribution in [-0.4, -0.2) is 54.3 Å². The molecule has 3 rings (SSSR count). The van der Waals surface area contributed by atoms with Gasteiger partial charge < -0.3 is 9.47 Å².